The predicted molar refractivity (Wildman–Crippen MR) is 71.0 cm³/mol. The Bertz CT molecular complexity index is 603. The number of aromatic nitrogens is 3. The predicted octanol–water partition coefficient (Wildman–Crippen LogP) is -2.88. The van der Waals surface area contributed by atoms with E-state index in [0.717, 1.165) is 16.7 Å². The second-order valence-electron chi connectivity index (χ2n) is 4.08. The number of halogens is 1. The summed E-state index contributed by atoms with van der Waals surface area (Å²) in [6.07, 6.45) is 2.95. The maximum absolute atomic E-state index is 11.2. The van der Waals surface area contributed by atoms with Crippen LogP contribution < -0.4 is 22.7 Å². The average Bonchev–Trinajstić information content (AvgIpc) is 2.75. The van der Waals surface area contributed by atoms with E-state index in [1.54, 1.807) is 17.7 Å². The van der Waals surface area contributed by atoms with Gasteiger partial charge in [-0.25, -0.2) is 9.97 Å². The van der Waals surface area contributed by atoms with E-state index in [2.05, 4.69) is 9.97 Å². The quantitative estimate of drug-likeness (QED) is 0.457. The molecule has 2 aromatic rings. The number of thiazole rings is 1. The Hall–Kier alpha value is -1.57. The van der Waals surface area contributed by atoms with Crippen molar-refractivity contribution in [2.24, 2.45) is 0 Å². The number of anilines is 1. The highest BCUT2D eigenvalue weighted by Gasteiger charge is 2.20. The van der Waals surface area contributed by atoms with E-state index < -0.39 is 0 Å². The van der Waals surface area contributed by atoms with Crippen LogP contribution in [0.4, 0.5) is 5.82 Å². The highest BCUT2D eigenvalue weighted by Crippen LogP contribution is 2.13. The number of nitrogen functional groups attached to an aromatic ring is 1. The largest absolute Gasteiger partial charge is 1.00 e. The SMILES string of the molecule is Cc1ncc(C[n+]2csc(CCO)c2C=O)c(N)n1.[Cl-]. The van der Waals surface area contributed by atoms with E-state index >= 15 is 0 Å². The normalized spacial score (nSPS) is 10.1. The van der Waals surface area contributed by atoms with Gasteiger partial charge in [0.1, 0.15) is 11.6 Å². The van der Waals surface area contributed by atoms with Crippen molar-refractivity contribution in [3.8, 4) is 0 Å². The van der Waals surface area contributed by atoms with Crippen LogP contribution in [0.5, 0.6) is 0 Å². The third-order valence-corrected chi connectivity index (χ3v) is 3.78. The summed E-state index contributed by atoms with van der Waals surface area (Å²) in [5.41, 5.74) is 9.02. The summed E-state index contributed by atoms with van der Waals surface area (Å²) in [5.74, 6) is 1.04. The Balaban J connectivity index is 0.00000200. The Morgan fingerprint density at radius 1 is 1.55 bits per heavy atom. The van der Waals surface area contributed by atoms with E-state index in [-0.39, 0.29) is 19.0 Å². The van der Waals surface area contributed by atoms with E-state index in [1.807, 2.05) is 5.51 Å². The summed E-state index contributed by atoms with van der Waals surface area (Å²) in [6.45, 7) is 2.24. The van der Waals surface area contributed by atoms with Gasteiger partial charge in [0.25, 0.3) is 5.69 Å². The van der Waals surface area contributed by atoms with Gasteiger partial charge in [-0.1, -0.05) is 11.3 Å². The lowest BCUT2D eigenvalue weighted by Crippen LogP contribution is -3.00. The lowest BCUT2D eigenvalue weighted by molar-refractivity contribution is -0.685. The lowest BCUT2D eigenvalue weighted by atomic mass is 10.2. The zero-order valence-electron chi connectivity index (χ0n) is 10.9. The minimum absolute atomic E-state index is 0. The number of aryl methyl sites for hydroxylation is 1. The van der Waals surface area contributed by atoms with Gasteiger partial charge in [0, 0.05) is 19.2 Å². The number of hydrogen-bond acceptors (Lipinski definition) is 6. The molecule has 20 heavy (non-hydrogen) atoms. The van der Waals surface area contributed by atoms with Crippen LogP contribution in [0.15, 0.2) is 11.7 Å². The summed E-state index contributed by atoms with van der Waals surface area (Å²) in [5, 5.41) is 8.95. The van der Waals surface area contributed by atoms with Crippen molar-refractivity contribution in [3.05, 3.63) is 33.7 Å². The van der Waals surface area contributed by atoms with Crippen LogP contribution in [-0.2, 0) is 13.0 Å². The Kier molecular flexibility index (Phi) is 6.00. The lowest BCUT2D eigenvalue weighted by Gasteiger charge is -2.01. The van der Waals surface area contributed by atoms with E-state index in [9.17, 15) is 4.79 Å². The van der Waals surface area contributed by atoms with Crippen LogP contribution in [0.2, 0.25) is 0 Å². The molecule has 0 aliphatic rings. The third kappa shape index (κ3) is 3.50. The molecule has 2 rings (SSSR count). The topological polar surface area (TPSA) is 93.0 Å². The number of nitrogens with two attached hydrogens (primary N) is 1. The van der Waals surface area contributed by atoms with Crippen molar-refractivity contribution >= 4 is 23.4 Å². The van der Waals surface area contributed by atoms with Crippen LogP contribution in [0.1, 0.15) is 26.8 Å². The summed E-state index contributed by atoms with van der Waals surface area (Å²) >= 11 is 1.44. The molecule has 0 aromatic carbocycles. The molecule has 0 aliphatic heterocycles. The van der Waals surface area contributed by atoms with Gasteiger partial charge >= 0.3 is 0 Å². The monoisotopic (exact) mass is 314 g/mol. The summed E-state index contributed by atoms with van der Waals surface area (Å²) in [7, 11) is 0. The molecule has 2 heterocycles. The van der Waals surface area contributed by atoms with Crippen LogP contribution in [0.3, 0.4) is 0 Å². The van der Waals surface area contributed by atoms with Gasteiger partial charge in [-0.15, -0.1) is 0 Å². The number of rotatable bonds is 5. The first-order chi connectivity index (χ1) is 9.15. The van der Waals surface area contributed by atoms with E-state index in [4.69, 9.17) is 10.8 Å². The van der Waals surface area contributed by atoms with Gasteiger partial charge in [-0.3, -0.25) is 4.79 Å². The fraction of sp³-hybridized carbons (Fsp3) is 0.333. The Labute approximate surface area is 126 Å². The molecule has 0 amide bonds. The van der Waals surface area contributed by atoms with Gasteiger partial charge in [0.05, 0.1) is 10.4 Å². The molecule has 0 saturated heterocycles. The van der Waals surface area contributed by atoms with Crippen molar-refractivity contribution in [2.75, 3.05) is 12.3 Å². The zero-order chi connectivity index (χ0) is 13.8. The molecule has 8 heteroatoms. The number of carbonyl (C=O) groups is 1. The first-order valence-corrected chi connectivity index (χ1v) is 6.67. The van der Waals surface area contributed by atoms with Crippen LogP contribution in [0, 0.1) is 6.92 Å². The van der Waals surface area contributed by atoms with Crippen molar-refractivity contribution in [1.82, 2.24) is 9.97 Å². The number of aldehydes is 1. The van der Waals surface area contributed by atoms with Crippen LogP contribution >= 0.6 is 11.3 Å². The van der Waals surface area contributed by atoms with Crippen molar-refractivity contribution in [1.29, 1.82) is 0 Å². The molecule has 0 spiro atoms. The van der Waals surface area contributed by atoms with E-state index in [0.29, 0.717) is 30.3 Å². The summed E-state index contributed by atoms with van der Waals surface area (Å²) in [6, 6.07) is 0. The number of nitrogens with zero attached hydrogens (tertiary/aromatic N) is 3. The molecular formula is C12H15ClN4O2S. The fourth-order valence-electron chi connectivity index (χ4n) is 1.77. The second kappa shape index (κ2) is 7.28. The third-order valence-electron chi connectivity index (χ3n) is 2.73. The summed E-state index contributed by atoms with van der Waals surface area (Å²) < 4.78 is 1.80. The number of aliphatic hydroxyl groups excluding tert-OH is 1. The minimum Gasteiger partial charge on any atom is -1.00 e. The standard InChI is InChI=1S/C12H15N4O2S.ClH/c1-8-14-4-9(12(13)15-8)5-16-7-19-11(2-3-17)10(16)6-18;/h4,6-7,17H,2-3,5H2,1H3,(H2,13,14,15);1H/q+1;/p-1. The smallest absolute Gasteiger partial charge is 0.259 e. The van der Waals surface area contributed by atoms with Crippen LogP contribution in [0.25, 0.3) is 0 Å². The van der Waals surface area contributed by atoms with Gasteiger partial charge in [-0.05, 0) is 6.92 Å². The molecule has 0 atom stereocenters. The highest BCUT2D eigenvalue weighted by atomic mass is 35.5. The number of aliphatic hydroxyl groups is 1. The second-order valence-corrected chi connectivity index (χ2v) is 5.02. The Morgan fingerprint density at radius 3 is 2.90 bits per heavy atom. The number of hydrogen-bond donors (Lipinski definition) is 2. The average molecular weight is 315 g/mol. The molecule has 0 fully saturated rings. The fourth-order valence-corrected chi connectivity index (χ4v) is 2.70. The molecule has 0 saturated carbocycles. The van der Waals surface area contributed by atoms with Gasteiger partial charge in [-0.2, -0.15) is 4.57 Å². The first kappa shape index (κ1) is 16.5. The van der Waals surface area contributed by atoms with E-state index in [1.165, 1.54) is 11.3 Å². The molecular weight excluding hydrogens is 300 g/mol. The van der Waals surface area contributed by atoms with Gasteiger partial charge in [0.2, 0.25) is 11.8 Å². The summed E-state index contributed by atoms with van der Waals surface area (Å²) in [4.78, 5) is 20.2. The molecule has 0 aliphatic carbocycles. The maximum atomic E-state index is 11.2. The Morgan fingerprint density at radius 2 is 2.30 bits per heavy atom. The first-order valence-electron chi connectivity index (χ1n) is 5.79. The molecule has 108 valence electrons. The maximum Gasteiger partial charge on any atom is 0.259 e. The highest BCUT2D eigenvalue weighted by molar-refractivity contribution is 7.09. The molecule has 6 nitrogen and oxygen atoms in total. The zero-order valence-corrected chi connectivity index (χ0v) is 12.5. The molecule has 3 N–H and O–H groups in total. The van der Waals surface area contributed by atoms with Gasteiger partial charge in [0.15, 0.2) is 6.54 Å². The molecule has 0 bridgehead atoms. The number of carbonyl (C=O) groups excluding carboxylic acids is 1. The van der Waals surface area contributed by atoms with Gasteiger partial charge < -0.3 is 23.2 Å². The molecule has 0 unspecified atom stereocenters. The van der Waals surface area contributed by atoms with Crippen molar-refractivity contribution in [2.45, 2.75) is 19.9 Å². The van der Waals surface area contributed by atoms with Crippen LogP contribution in [-0.4, -0.2) is 28.0 Å². The molecule has 2 aromatic heterocycles. The minimum atomic E-state index is 0. The van der Waals surface area contributed by atoms with Crippen molar-refractivity contribution in [3.63, 3.8) is 0 Å². The van der Waals surface area contributed by atoms with Crippen molar-refractivity contribution < 1.29 is 26.9 Å². The molecule has 0 radical (unpaired) electrons.